The van der Waals surface area contributed by atoms with Crippen molar-refractivity contribution in [3.63, 3.8) is 0 Å². The highest BCUT2D eigenvalue weighted by molar-refractivity contribution is 5.72. The Labute approximate surface area is 95.0 Å². The molecular formula is C12H17NO3. The van der Waals surface area contributed by atoms with Crippen LogP contribution in [0.1, 0.15) is 18.4 Å². The monoisotopic (exact) mass is 223 g/mol. The van der Waals surface area contributed by atoms with Gasteiger partial charge in [0, 0.05) is 12.3 Å². The molecule has 0 saturated carbocycles. The largest absolute Gasteiger partial charge is 0.465 e. The van der Waals surface area contributed by atoms with Gasteiger partial charge in [0.25, 0.3) is 0 Å². The number of carbonyl (C=O) groups is 1. The summed E-state index contributed by atoms with van der Waals surface area (Å²) >= 11 is 0. The summed E-state index contributed by atoms with van der Waals surface area (Å²) in [7, 11) is 0. The maximum Gasteiger partial charge on any atom is 0.310 e. The quantitative estimate of drug-likeness (QED) is 0.431. The third-order valence-corrected chi connectivity index (χ3v) is 2.14. The number of carbonyl (C=O) groups excluding carboxylic acids is 1. The van der Waals surface area contributed by atoms with Crippen molar-refractivity contribution < 1.29 is 14.6 Å². The van der Waals surface area contributed by atoms with Crippen molar-refractivity contribution in [3.05, 3.63) is 29.8 Å². The van der Waals surface area contributed by atoms with E-state index in [0.717, 1.165) is 5.56 Å². The van der Waals surface area contributed by atoms with E-state index in [4.69, 9.17) is 15.6 Å². The Morgan fingerprint density at radius 2 is 1.94 bits per heavy atom. The Kier molecular flexibility index (Phi) is 5.36. The number of hydrogen-bond acceptors (Lipinski definition) is 4. The Hall–Kier alpha value is -1.55. The molecule has 4 nitrogen and oxygen atoms in total. The highest BCUT2D eigenvalue weighted by Crippen LogP contribution is 2.06. The number of esters is 1. The predicted octanol–water partition coefficient (Wildman–Crippen LogP) is 1.13. The number of ether oxygens (including phenoxy) is 1. The minimum absolute atomic E-state index is 0.134. The van der Waals surface area contributed by atoms with Gasteiger partial charge in [-0.3, -0.25) is 4.79 Å². The van der Waals surface area contributed by atoms with E-state index >= 15 is 0 Å². The normalized spacial score (nSPS) is 10.1. The van der Waals surface area contributed by atoms with Gasteiger partial charge in [-0.15, -0.1) is 0 Å². The van der Waals surface area contributed by atoms with Gasteiger partial charge in [0.1, 0.15) is 0 Å². The second-order valence-electron chi connectivity index (χ2n) is 3.57. The van der Waals surface area contributed by atoms with E-state index in [1.54, 1.807) is 12.1 Å². The fourth-order valence-electron chi connectivity index (χ4n) is 1.25. The molecule has 0 aliphatic rings. The third-order valence-electron chi connectivity index (χ3n) is 2.14. The van der Waals surface area contributed by atoms with Gasteiger partial charge in [-0.1, -0.05) is 12.1 Å². The standard InChI is InChI=1S/C12H17NO3/c13-11-5-3-10(4-6-11)9-12(15)16-8-2-1-7-14/h3-6,14H,1-2,7-9,13H2. The SMILES string of the molecule is Nc1ccc(CC(=O)OCCCCO)cc1. The van der Waals surface area contributed by atoms with Crippen LogP contribution >= 0.6 is 0 Å². The molecule has 16 heavy (non-hydrogen) atoms. The summed E-state index contributed by atoms with van der Waals surface area (Å²) in [5.74, 6) is -0.247. The Balaban J connectivity index is 2.26. The molecule has 0 aromatic heterocycles. The van der Waals surface area contributed by atoms with Crippen molar-refractivity contribution in [1.82, 2.24) is 0 Å². The number of hydrogen-bond donors (Lipinski definition) is 2. The van der Waals surface area contributed by atoms with Crippen LogP contribution in [-0.4, -0.2) is 24.3 Å². The lowest BCUT2D eigenvalue weighted by Gasteiger charge is -2.04. The number of aliphatic hydroxyl groups excluding tert-OH is 1. The summed E-state index contributed by atoms with van der Waals surface area (Å²) < 4.78 is 5.00. The van der Waals surface area contributed by atoms with Gasteiger partial charge in [-0.25, -0.2) is 0 Å². The van der Waals surface area contributed by atoms with E-state index in [-0.39, 0.29) is 19.0 Å². The van der Waals surface area contributed by atoms with E-state index < -0.39 is 0 Å². The van der Waals surface area contributed by atoms with Gasteiger partial charge in [0.05, 0.1) is 13.0 Å². The van der Waals surface area contributed by atoms with Crippen molar-refractivity contribution in [1.29, 1.82) is 0 Å². The van der Waals surface area contributed by atoms with E-state index in [0.29, 0.717) is 25.1 Å². The van der Waals surface area contributed by atoms with Crippen molar-refractivity contribution >= 4 is 11.7 Å². The molecule has 0 spiro atoms. The van der Waals surface area contributed by atoms with Gasteiger partial charge >= 0.3 is 5.97 Å². The van der Waals surface area contributed by atoms with E-state index in [1.165, 1.54) is 0 Å². The highest BCUT2D eigenvalue weighted by atomic mass is 16.5. The van der Waals surface area contributed by atoms with Crippen LogP contribution in [0, 0.1) is 0 Å². The third kappa shape index (κ3) is 4.79. The molecular weight excluding hydrogens is 206 g/mol. The van der Waals surface area contributed by atoms with E-state index in [2.05, 4.69) is 0 Å². The van der Waals surface area contributed by atoms with E-state index in [1.807, 2.05) is 12.1 Å². The lowest BCUT2D eigenvalue weighted by molar-refractivity contribution is -0.143. The molecule has 4 heteroatoms. The summed E-state index contributed by atoms with van der Waals surface area (Å²) in [6.07, 6.45) is 1.62. The summed E-state index contributed by atoms with van der Waals surface area (Å²) in [6, 6.07) is 7.14. The average molecular weight is 223 g/mol. The van der Waals surface area contributed by atoms with Crippen LogP contribution in [0.3, 0.4) is 0 Å². The molecule has 1 aromatic rings. The van der Waals surface area contributed by atoms with Crippen molar-refractivity contribution in [2.45, 2.75) is 19.3 Å². The molecule has 0 unspecified atom stereocenters. The zero-order chi connectivity index (χ0) is 11.8. The molecule has 1 rings (SSSR count). The first-order chi connectivity index (χ1) is 7.72. The maximum atomic E-state index is 11.3. The Morgan fingerprint density at radius 3 is 2.56 bits per heavy atom. The van der Waals surface area contributed by atoms with Gasteiger partial charge < -0.3 is 15.6 Å². The van der Waals surface area contributed by atoms with Crippen LogP contribution in [0.4, 0.5) is 5.69 Å². The van der Waals surface area contributed by atoms with Crippen LogP contribution in [0.15, 0.2) is 24.3 Å². The van der Waals surface area contributed by atoms with Gasteiger partial charge in [0.15, 0.2) is 0 Å². The van der Waals surface area contributed by atoms with Crippen LogP contribution in [0.25, 0.3) is 0 Å². The number of benzene rings is 1. The topological polar surface area (TPSA) is 72.6 Å². The van der Waals surface area contributed by atoms with Gasteiger partial charge in [-0.2, -0.15) is 0 Å². The number of aliphatic hydroxyl groups is 1. The summed E-state index contributed by atoms with van der Waals surface area (Å²) in [5, 5.41) is 8.54. The molecule has 0 bridgehead atoms. The summed E-state index contributed by atoms with van der Waals surface area (Å²) in [4.78, 5) is 11.3. The molecule has 0 fully saturated rings. The number of nitrogens with two attached hydrogens (primary N) is 1. The smallest absolute Gasteiger partial charge is 0.310 e. The van der Waals surface area contributed by atoms with Crippen molar-refractivity contribution in [2.75, 3.05) is 18.9 Å². The van der Waals surface area contributed by atoms with Gasteiger partial charge in [0.2, 0.25) is 0 Å². The minimum atomic E-state index is -0.247. The molecule has 1 aromatic carbocycles. The lowest BCUT2D eigenvalue weighted by Crippen LogP contribution is -2.09. The molecule has 0 aliphatic carbocycles. The number of nitrogen functional groups attached to an aromatic ring is 1. The minimum Gasteiger partial charge on any atom is -0.465 e. The molecule has 0 aliphatic heterocycles. The van der Waals surface area contributed by atoms with Crippen molar-refractivity contribution in [2.24, 2.45) is 0 Å². The zero-order valence-electron chi connectivity index (χ0n) is 9.19. The van der Waals surface area contributed by atoms with Crippen LogP contribution in [0.2, 0.25) is 0 Å². The maximum absolute atomic E-state index is 11.3. The van der Waals surface area contributed by atoms with Crippen LogP contribution in [-0.2, 0) is 16.0 Å². The zero-order valence-corrected chi connectivity index (χ0v) is 9.19. The summed E-state index contributed by atoms with van der Waals surface area (Å²) in [5.41, 5.74) is 7.10. The first-order valence-corrected chi connectivity index (χ1v) is 5.33. The predicted molar refractivity (Wildman–Crippen MR) is 61.8 cm³/mol. The molecule has 88 valence electrons. The number of rotatable bonds is 6. The molecule has 0 heterocycles. The van der Waals surface area contributed by atoms with Crippen LogP contribution in [0.5, 0.6) is 0 Å². The van der Waals surface area contributed by atoms with Gasteiger partial charge in [-0.05, 0) is 30.5 Å². The molecule has 0 saturated heterocycles. The van der Waals surface area contributed by atoms with Crippen molar-refractivity contribution in [3.8, 4) is 0 Å². The average Bonchev–Trinajstić information content (AvgIpc) is 2.28. The Bertz CT molecular complexity index is 322. The first kappa shape index (κ1) is 12.5. The summed E-state index contributed by atoms with van der Waals surface area (Å²) in [6.45, 7) is 0.504. The lowest BCUT2D eigenvalue weighted by atomic mass is 10.1. The first-order valence-electron chi connectivity index (χ1n) is 5.33. The Morgan fingerprint density at radius 1 is 1.25 bits per heavy atom. The van der Waals surface area contributed by atoms with Crippen LogP contribution < -0.4 is 5.73 Å². The second-order valence-corrected chi connectivity index (χ2v) is 3.57. The fraction of sp³-hybridized carbons (Fsp3) is 0.417. The molecule has 0 radical (unpaired) electrons. The number of anilines is 1. The second kappa shape index (κ2) is 6.85. The fourth-order valence-corrected chi connectivity index (χ4v) is 1.25. The van der Waals surface area contributed by atoms with E-state index in [9.17, 15) is 4.79 Å². The molecule has 3 N–H and O–H groups in total. The molecule has 0 amide bonds. The molecule has 0 atom stereocenters. The number of unbranched alkanes of at least 4 members (excludes halogenated alkanes) is 1. The highest BCUT2D eigenvalue weighted by Gasteiger charge is 2.04.